The minimum absolute atomic E-state index is 0.0430. The normalized spacial score (nSPS) is 10.4. The number of carbonyl (C=O) groups is 1. The molecular formula is C12H11N3O3S2. The van der Waals surface area contributed by atoms with E-state index < -0.39 is 4.92 Å². The van der Waals surface area contributed by atoms with Crippen LogP contribution in [0.5, 0.6) is 0 Å². The fourth-order valence-electron chi connectivity index (χ4n) is 1.43. The van der Waals surface area contributed by atoms with Crippen LogP contribution in [-0.2, 0) is 4.79 Å². The molecule has 0 aliphatic carbocycles. The second-order valence-corrected chi connectivity index (χ2v) is 6.02. The number of aromatic nitrogens is 1. The van der Waals surface area contributed by atoms with Crippen molar-refractivity contribution in [3.8, 4) is 0 Å². The number of carbonyl (C=O) groups excluding carboxylic acids is 1. The van der Waals surface area contributed by atoms with Gasteiger partial charge < -0.3 is 5.32 Å². The van der Waals surface area contributed by atoms with E-state index in [2.05, 4.69) is 16.9 Å². The molecule has 0 spiro atoms. The van der Waals surface area contributed by atoms with E-state index in [0.717, 1.165) is 4.70 Å². The molecule has 0 aliphatic rings. The van der Waals surface area contributed by atoms with E-state index in [-0.39, 0.29) is 17.3 Å². The molecule has 0 atom stereocenters. The maximum atomic E-state index is 11.4. The van der Waals surface area contributed by atoms with Crippen molar-refractivity contribution in [2.24, 2.45) is 0 Å². The summed E-state index contributed by atoms with van der Waals surface area (Å²) in [5, 5.41) is 13.4. The first kappa shape index (κ1) is 14.5. The zero-order valence-corrected chi connectivity index (χ0v) is 12.0. The molecule has 1 amide bonds. The van der Waals surface area contributed by atoms with Crippen molar-refractivity contribution in [2.45, 2.75) is 4.34 Å². The predicted octanol–water partition coefficient (Wildman–Crippen LogP) is 2.60. The maximum absolute atomic E-state index is 11.4. The molecule has 8 heteroatoms. The smallest absolute Gasteiger partial charge is 0.270 e. The number of thiazole rings is 1. The highest BCUT2D eigenvalue weighted by Crippen LogP contribution is 2.31. The lowest BCUT2D eigenvalue weighted by atomic mass is 10.3. The second-order valence-electron chi connectivity index (χ2n) is 3.77. The Morgan fingerprint density at radius 3 is 3.10 bits per heavy atom. The van der Waals surface area contributed by atoms with Gasteiger partial charge in [0.25, 0.3) is 5.69 Å². The molecule has 1 N–H and O–H groups in total. The fourth-order valence-corrected chi connectivity index (χ4v) is 3.36. The quantitative estimate of drug-likeness (QED) is 0.384. The van der Waals surface area contributed by atoms with Crippen molar-refractivity contribution < 1.29 is 9.72 Å². The van der Waals surface area contributed by atoms with Crippen LogP contribution < -0.4 is 5.32 Å². The average Bonchev–Trinajstić information content (AvgIpc) is 2.84. The molecule has 1 aromatic heterocycles. The van der Waals surface area contributed by atoms with E-state index in [0.29, 0.717) is 16.4 Å². The van der Waals surface area contributed by atoms with Crippen molar-refractivity contribution in [2.75, 3.05) is 12.3 Å². The Balaban J connectivity index is 2.06. The Hall–Kier alpha value is -1.93. The van der Waals surface area contributed by atoms with Gasteiger partial charge in [-0.25, -0.2) is 4.98 Å². The number of fused-ring (bicyclic) bond motifs is 1. The van der Waals surface area contributed by atoms with E-state index >= 15 is 0 Å². The molecule has 0 saturated carbocycles. The lowest BCUT2D eigenvalue weighted by molar-refractivity contribution is -0.384. The molecule has 0 unspecified atom stereocenters. The Bertz CT molecular complexity index is 669. The molecule has 104 valence electrons. The number of rotatable bonds is 6. The molecule has 0 bridgehead atoms. The second kappa shape index (κ2) is 6.49. The van der Waals surface area contributed by atoms with Crippen molar-refractivity contribution in [3.63, 3.8) is 0 Å². The number of hydrogen-bond donors (Lipinski definition) is 1. The van der Waals surface area contributed by atoms with Gasteiger partial charge in [-0.05, 0) is 6.07 Å². The lowest BCUT2D eigenvalue weighted by Crippen LogP contribution is -2.24. The van der Waals surface area contributed by atoms with E-state index in [1.807, 2.05) is 0 Å². The SMILES string of the molecule is C=CCNC(=O)CSc1nc2ccc([N+](=O)[O-])cc2s1. The number of thioether (sulfide) groups is 1. The summed E-state index contributed by atoms with van der Waals surface area (Å²) in [6.07, 6.45) is 1.61. The highest BCUT2D eigenvalue weighted by molar-refractivity contribution is 8.01. The number of nitro groups is 1. The molecule has 2 rings (SSSR count). The number of amides is 1. The third-order valence-corrected chi connectivity index (χ3v) is 4.49. The van der Waals surface area contributed by atoms with Crippen LogP contribution in [0.25, 0.3) is 10.2 Å². The average molecular weight is 309 g/mol. The molecular weight excluding hydrogens is 298 g/mol. The molecule has 0 aliphatic heterocycles. The minimum atomic E-state index is -0.436. The van der Waals surface area contributed by atoms with Gasteiger partial charge in [-0.3, -0.25) is 14.9 Å². The van der Waals surface area contributed by atoms with Gasteiger partial charge in [-0.2, -0.15) is 0 Å². The molecule has 1 aromatic carbocycles. The molecule has 6 nitrogen and oxygen atoms in total. The van der Waals surface area contributed by atoms with Crippen LogP contribution in [-0.4, -0.2) is 28.1 Å². The molecule has 0 radical (unpaired) electrons. The van der Waals surface area contributed by atoms with Crippen molar-refractivity contribution in [3.05, 3.63) is 41.0 Å². The first-order valence-electron chi connectivity index (χ1n) is 5.65. The van der Waals surface area contributed by atoms with Crippen LogP contribution in [0.15, 0.2) is 35.2 Å². The highest BCUT2D eigenvalue weighted by atomic mass is 32.2. The molecule has 2 aromatic rings. The van der Waals surface area contributed by atoms with Crippen molar-refractivity contribution in [1.82, 2.24) is 10.3 Å². The summed E-state index contributed by atoms with van der Waals surface area (Å²) in [5.74, 6) is 0.163. The Kier molecular flexibility index (Phi) is 4.70. The topological polar surface area (TPSA) is 85.1 Å². The summed E-state index contributed by atoms with van der Waals surface area (Å²) in [6, 6.07) is 4.54. The van der Waals surface area contributed by atoms with Gasteiger partial charge in [0.15, 0.2) is 4.34 Å². The largest absolute Gasteiger partial charge is 0.352 e. The van der Waals surface area contributed by atoms with Crippen LogP contribution in [0.3, 0.4) is 0 Å². The third-order valence-electron chi connectivity index (χ3n) is 2.33. The van der Waals surface area contributed by atoms with Crippen LogP contribution in [0.1, 0.15) is 0 Å². The molecule has 1 heterocycles. The van der Waals surface area contributed by atoms with Crippen molar-refractivity contribution >= 4 is 44.9 Å². The number of nitrogens with one attached hydrogen (secondary N) is 1. The molecule has 0 fully saturated rings. The summed E-state index contributed by atoms with van der Waals surface area (Å²) in [6.45, 7) is 3.95. The van der Waals surface area contributed by atoms with E-state index in [1.165, 1.54) is 35.2 Å². The summed E-state index contributed by atoms with van der Waals surface area (Å²) in [5.41, 5.74) is 0.746. The first-order chi connectivity index (χ1) is 9.60. The van der Waals surface area contributed by atoms with E-state index in [9.17, 15) is 14.9 Å². The van der Waals surface area contributed by atoms with Gasteiger partial charge in [-0.1, -0.05) is 17.8 Å². The van der Waals surface area contributed by atoms with Gasteiger partial charge in [0.1, 0.15) is 0 Å². The monoisotopic (exact) mass is 309 g/mol. The van der Waals surface area contributed by atoms with E-state index in [4.69, 9.17) is 0 Å². The highest BCUT2D eigenvalue weighted by Gasteiger charge is 2.11. The summed E-state index contributed by atoms with van der Waals surface area (Å²) < 4.78 is 1.46. The Morgan fingerprint density at radius 2 is 2.40 bits per heavy atom. The van der Waals surface area contributed by atoms with Crippen LogP contribution in [0, 0.1) is 10.1 Å². The Morgan fingerprint density at radius 1 is 1.60 bits per heavy atom. The molecule has 20 heavy (non-hydrogen) atoms. The number of nitrogens with zero attached hydrogens (tertiary/aromatic N) is 2. The van der Waals surface area contributed by atoms with Crippen molar-refractivity contribution in [1.29, 1.82) is 0 Å². The van der Waals surface area contributed by atoms with Crippen LogP contribution in [0.2, 0.25) is 0 Å². The van der Waals surface area contributed by atoms with Gasteiger partial charge in [0, 0.05) is 18.7 Å². The summed E-state index contributed by atoms with van der Waals surface area (Å²) >= 11 is 2.65. The Labute approximate surface area is 123 Å². The maximum Gasteiger partial charge on any atom is 0.270 e. The fraction of sp³-hybridized carbons (Fsp3) is 0.167. The number of hydrogen-bond acceptors (Lipinski definition) is 6. The van der Waals surface area contributed by atoms with Crippen LogP contribution in [0.4, 0.5) is 5.69 Å². The van der Waals surface area contributed by atoms with Crippen LogP contribution >= 0.6 is 23.1 Å². The van der Waals surface area contributed by atoms with Gasteiger partial charge >= 0.3 is 0 Å². The summed E-state index contributed by atoms with van der Waals surface area (Å²) in [4.78, 5) is 26.0. The standard InChI is InChI=1S/C12H11N3O3S2/c1-2-5-13-11(16)7-19-12-14-9-4-3-8(15(17)18)6-10(9)20-12/h2-4,6H,1,5,7H2,(H,13,16). The number of non-ortho nitro benzene ring substituents is 1. The predicted molar refractivity (Wildman–Crippen MR) is 80.2 cm³/mol. The zero-order valence-electron chi connectivity index (χ0n) is 10.4. The summed E-state index contributed by atoms with van der Waals surface area (Å²) in [7, 11) is 0. The first-order valence-corrected chi connectivity index (χ1v) is 7.45. The number of benzene rings is 1. The number of nitro benzene ring substituents is 1. The molecule has 0 saturated heterocycles. The lowest BCUT2D eigenvalue weighted by Gasteiger charge is -1.99. The zero-order chi connectivity index (χ0) is 14.5. The third kappa shape index (κ3) is 3.55. The van der Waals surface area contributed by atoms with Gasteiger partial charge in [0.2, 0.25) is 5.91 Å². The van der Waals surface area contributed by atoms with Gasteiger partial charge in [-0.15, -0.1) is 17.9 Å². The van der Waals surface area contributed by atoms with Gasteiger partial charge in [0.05, 0.1) is 20.9 Å². The van der Waals surface area contributed by atoms with E-state index in [1.54, 1.807) is 12.1 Å². The minimum Gasteiger partial charge on any atom is -0.352 e.